The lowest BCUT2D eigenvalue weighted by Crippen LogP contribution is -2.51. The molecule has 26 heavy (non-hydrogen) atoms. The van der Waals surface area contributed by atoms with E-state index in [-0.39, 0.29) is 28.2 Å². The number of rotatable bonds is 4. The molecule has 0 radical (unpaired) electrons. The van der Waals surface area contributed by atoms with Gasteiger partial charge in [-0.15, -0.1) is 0 Å². The molecule has 1 spiro atoms. The molecule has 0 aliphatic carbocycles. The van der Waals surface area contributed by atoms with Crippen LogP contribution in [-0.4, -0.2) is 56.8 Å². The second-order valence-electron chi connectivity index (χ2n) is 7.49. The summed E-state index contributed by atoms with van der Waals surface area (Å²) in [4.78, 5) is 21.7. The molecule has 7 heteroatoms. The van der Waals surface area contributed by atoms with Crippen LogP contribution in [0.5, 0.6) is 5.75 Å². The van der Waals surface area contributed by atoms with Gasteiger partial charge in [-0.1, -0.05) is 6.07 Å². The van der Waals surface area contributed by atoms with Gasteiger partial charge in [-0.25, -0.2) is 4.98 Å². The Kier molecular flexibility index (Phi) is 4.69. The standard InChI is InChI=1S/C19H26N4O3/c24-14-4-1-3-13-16(14)21-17(22-18(13)26)15(25)5-12-23-11-2-6-19(23)7-9-20-10-8-19/h1,3-4,15,20,24-25H,2,5-12H2,(H,21,22,26). The molecule has 140 valence electrons. The van der Waals surface area contributed by atoms with Crippen LogP contribution in [0.25, 0.3) is 10.9 Å². The number of hydrogen-bond acceptors (Lipinski definition) is 6. The summed E-state index contributed by atoms with van der Waals surface area (Å²) in [5.41, 5.74) is 0.172. The molecular formula is C19H26N4O3. The van der Waals surface area contributed by atoms with Crippen molar-refractivity contribution in [3.8, 4) is 5.75 Å². The lowest BCUT2D eigenvalue weighted by Gasteiger charge is -2.42. The Bertz CT molecular complexity index is 844. The fourth-order valence-corrected chi connectivity index (χ4v) is 4.54. The zero-order valence-corrected chi connectivity index (χ0v) is 14.9. The highest BCUT2D eigenvalue weighted by atomic mass is 16.3. The lowest BCUT2D eigenvalue weighted by molar-refractivity contribution is 0.0726. The number of benzene rings is 1. The van der Waals surface area contributed by atoms with Gasteiger partial charge in [0.05, 0.1) is 5.39 Å². The summed E-state index contributed by atoms with van der Waals surface area (Å²) in [6.07, 6.45) is 4.39. The van der Waals surface area contributed by atoms with Crippen LogP contribution in [0.4, 0.5) is 0 Å². The molecule has 3 heterocycles. The Balaban J connectivity index is 1.50. The van der Waals surface area contributed by atoms with Crippen molar-refractivity contribution in [3.63, 3.8) is 0 Å². The average Bonchev–Trinajstić information content (AvgIpc) is 3.02. The van der Waals surface area contributed by atoms with Crippen molar-refractivity contribution < 1.29 is 10.2 Å². The number of H-pyrrole nitrogens is 1. The Labute approximate surface area is 152 Å². The van der Waals surface area contributed by atoms with E-state index in [1.54, 1.807) is 12.1 Å². The summed E-state index contributed by atoms with van der Waals surface area (Å²) >= 11 is 0. The van der Waals surface area contributed by atoms with E-state index in [9.17, 15) is 15.0 Å². The Morgan fingerprint density at radius 3 is 2.88 bits per heavy atom. The molecule has 2 aliphatic rings. The number of nitrogens with zero attached hydrogens (tertiary/aromatic N) is 2. The third-order valence-corrected chi connectivity index (χ3v) is 6.00. The molecule has 2 aliphatic heterocycles. The quantitative estimate of drug-likeness (QED) is 0.657. The number of phenols is 1. The van der Waals surface area contributed by atoms with Crippen LogP contribution in [0.3, 0.4) is 0 Å². The van der Waals surface area contributed by atoms with Crippen molar-refractivity contribution >= 4 is 10.9 Å². The number of aromatic amines is 1. The topological polar surface area (TPSA) is 101 Å². The number of phenolic OH excluding ortho intramolecular Hbond substituents is 1. The van der Waals surface area contributed by atoms with Crippen LogP contribution in [0.15, 0.2) is 23.0 Å². The summed E-state index contributed by atoms with van der Waals surface area (Å²) in [6.45, 7) is 3.95. The smallest absolute Gasteiger partial charge is 0.258 e. The van der Waals surface area contributed by atoms with Crippen LogP contribution in [0, 0.1) is 0 Å². The number of likely N-dealkylation sites (tertiary alicyclic amines) is 1. The number of para-hydroxylation sites is 1. The average molecular weight is 358 g/mol. The molecule has 2 aromatic rings. The molecule has 4 N–H and O–H groups in total. The summed E-state index contributed by atoms with van der Waals surface area (Å²) in [5, 5.41) is 24.3. The first-order valence-corrected chi connectivity index (χ1v) is 9.45. The Morgan fingerprint density at radius 1 is 1.27 bits per heavy atom. The monoisotopic (exact) mass is 358 g/mol. The van der Waals surface area contributed by atoms with Gasteiger partial charge < -0.3 is 20.5 Å². The first kappa shape index (κ1) is 17.5. The Hall–Kier alpha value is -1.96. The van der Waals surface area contributed by atoms with Crippen molar-refractivity contribution in [2.45, 2.75) is 43.7 Å². The molecule has 1 unspecified atom stereocenters. The fourth-order valence-electron chi connectivity index (χ4n) is 4.54. The minimum atomic E-state index is -0.855. The van der Waals surface area contributed by atoms with Crippen LogP contribution in [-0.2, 0) is 0 Å². The molecule has 4 rings (SSSR count). The van der Waals surface area contributed by atoms with E-state index in [0.717, 1.165) is 39.0 Å². The minimum absolute atomic E-state index is 0.0461. The molecule has 1 aromatic heterocycles. The summed E-state index contributed by atoms with van der Waals surface area (Å²) in [7, 11) is 0. The highest BCUT2D eigenvalue weighted by Gasteiger charge is 2.41. The van der Waals surface area contributed by atoms with E-state index >= 15 is 0 Å². The SMILES string of the molecule is O=c1[nH]c(C(O)CCN2CCCC23CCNCC3)nc2c(O)cccc12. The van der Waals surface area contributed by atoms with E-state index in [2.05, 4.69) is 20.2 Å². The molecule has 2 saturated heterocycles. The normalized spacial score (nSPS) is 21.4. The number of nitrogens with one attached hydrogen (secondary N) is 2. The van der Waals surface area contributed by atoms with E-state index < -0.39 is 6.10 Å². The zero-order chi connectivity index (χ0) is 18.1. The third kappa shape index (κ3) is 3.11. The number of fused-ring (bicyclic) bond motifs is 1. The van der Waals surface area contributed by atoms with E-state index in [0.29, 0.717) is 11.8 Å². The minimum Gasteiger partial charge on any atom is -0.506 e. The van der Waals surface area contributed by atoms with Gasteiger partial charge in [0, 0.05) is 12.1 Å². The summed E-state index contributed by atoms with van der Waals surface area (Å²) < 4.78 is 0. The fraction of sp³-hybridized carbons (Fsp3) is 0.579. The second-order valence-corrected chi connectivity index (χ2v) is 7.49. The van der Waals surface area contributed by atoms with Crippen molar-refractivity contribution in [2.24, 2.45) is 0 Å². The number of aromatic nitrogens is 2. The predicted molar refractivity (Wildman–Crippen MR) is 99.2 cm³/mol. The number of aliphatic hydroxyl groups excluding tert-OH is 1. The molecule has 1 atom stereocenters. The van der Waals surface area contributed by atoms with Crippen LogP contribution in [0.2, 0.25) is 0 Å². The number of aromatic hydroxyl groups is 1. The zero-order valence-electron chi connectivity index (χ0n) is 14.9. The van der Waals surface area contributed by atoms with Gasteiger partial charge in [-0.3, -0.25) is 9.69 Å². The highest BCUT2D eigenvalue weighted by Crippen LogP contribution is 2.37. The number of piperidine rings is 1. The molecule has 1 aromatic carbocycles. The van der Waals surface area contributed by atoms with Gasteiger partial charge in [0.15, 0.2) is 0 Å². The van der Waals surface area contributed by atoms with Gasteiger partial charge >= 0.3 is 0 Å². The first-order chi connectivity index (χ1) is 12.6. The molecule has 0 bridgehead atoms. The van der Waals surface area contributed by atoms with Gasteiger partial charge in [0.2, 0.25) is 0 Å². The van der Waals surface area contributed by atoms with Crippen molar-refractivity contribution in [1.82, 2.24) is 20.2 Å². The second kappa shape index (κ2) is 6.98. The van der Waals surface area contributed by atoms with Crippen molar-refractivity contribution in [1.29, 1.82) is 0 Å². The number of hydrogen-bond donors (Lipinski definition) is 4. The molecule has 2 fully saturated rings. The van der Waals surface area contributed by atoms with Crippen molar-refractivity contribution in [3.05, 3.63) is 34.4 Å². The number of aliphatic hydroxyl groups is 1. The summed E-state index contributed by atoms with van der Waals surface area (Å²) in [6, 6.07) is 4.72. The predicted octanol–water partition coefficient (Wildman–Crippen LogP) is 1.27. The molecular weight excluding hydrogens is 332 g/mol. The molecule has 7 nitrogen and oxygen atoms in total. The first-order valence-electron chi connectivity index (χ1n) is 9.45. The van der Waals surface area contributed by atoms with Crippen LogP contribution in [0.1, 0.15) is 44.0 Å². The molecule has 0 saturated carbocycles. The maximum Gasteiger partial charge on any atom is 0.258 e. The summed E-state index contributed by atoms with van der Waals surface area (Å²) in [5.74, 6) is 0.179. The van der Waals surface area contributed by atoms with Crippen molar-refractivity contribution in [2.75, 3.05) is 26.2 Å². The maximum atomic E-state index is 12.2. The lowest BCUT2D eigenvalue weighted by atomic mass is 9.85. The van der Waals surface area contributed by atoms with E-state index in [4.69, 9.17) is 0 Å². The van der Waals surface area contributed by atoms with Gasteiger partial charge in [-0.05, 0) is 63.9 Å². The van der Waals surface area contributed by atoms with E-state index in [1.807, 2.05) is 0 Å². The third-order valence-electron chi connectivity index (χ3n) is 6.00. The van der Waals surface area contributed by atoms with Gasteiger partial charge in [-0.2, -0.15) is 0 Å². The van der Waals surface area contributed by atoms with Crippen LogP contribution >= 0.6 is 0 Å². The van der Waals surface area contributed by atoms with Gasteiger partial charge in [0.1, 0.15) is 23.2 Å². The van der Waals surface area contributed by atoms with Crippen LogP contribution < -0.4 is 10.9 Å². The van der Waals surface area contributed by atoms with Gasteiger partial charge in [0.25, 0.3) is 5.56 Å². The maximum absolute atomic E-state index is 12.2. The van der Waals surface area contributed by atoms with E-state index in [1.165, 1.54) is 18.9 Å². The highest BCUT2D eigenvalue weighted by molar-refractivity contribution is 5.83. The largest absolute Gasteiger partial charge is 0.506 e. The Morgan fingerprint density at radius 2 is 2.08 bits per heavy atom. The molecule has 0 amide bonds.